The Bertz CT molecular complexity index is 856. The minimum atomic E-state index is -0.363. The number of fused-ring (bicyclic) bond motifs is 2. The van der Waals surface area contributed by atoms with Crippen molar-refractivity contribution in [3.05, 3.63) is 29.8 Å². The number of aryl methyl sites for hydroxylation is 1. The van der Waals surface area contributed by atoms with Crippen molar-refractivity contribution in [1.82, 2.24) is 24.6 Å². The molecule has 9 nitrogen and oxygen atoms in total. The van der Waals surface area contributed by atoms with E-state index in [-0.39, 0.29) is 11.5 Å². The number of nitrogens with zero attached hydrogens (tertiary/aromatic N) is 6. The number of carbonyl (C=O) groups excluding carboxylic acids is 1. The van der Waals surface area contributed by atoms with Crippen LogP contribution in [0.5, 0.6) is 0 Å². The van der Waals surface area contributed by atoms with E-state index in [4.69, 9.17) is 9.72 Å². The van der Waals surface area contributed by atoms with Crippen molar-refractivity contribution in [2.75, 3.05) is 50.6 Å². The quantitative estimate of drug-likeness (QED) is 0.832. The molecule has 0 saturated carbocycles. The molecule has 1 N–H and O–H groups in total. The zero-order valence-electron chi connectivity index (χ0n) is 16.7. The average Bonchev–Trinajstić information content (AvgIpc) is 3.08. The molecule has 2 aromatic heterocycles. The van der Waals surface area contributed by atoms with Crippen LogP contribution in [0.15, 0.2) is 18.6 Å². The Hall–Kier alpha value is -2.52. The minimum absolute atomic E-state index is 0.0221. The first kappa shape index (κ1) is 18.8. The van der Waals surface area contributed by atoms with Crippen LogP contribution >= 0.6 is 0 Å². The molecule has 0 aliphatic carbocycles. The Morgan fingerprint density at radius 1 is 1.32 bits per heavy atom. The average molecular weight is 385 g/mol. The second-order valence-corrected chi connectivity index (χ2v) is 7.76. The molecule has 1 saturated heterocycles. The lowest BCUT2D eigenvalue weighted by Gasteiger charge is -2.44. The third-order valence-corrected chi connectivity index (χ3v) is 5.45. The summed E-state index contributed by atoms with van der Waals surface area (Å²) in [6, 6.07) is 0. The standard InChI is InChI=1S/C19H27N7O2/c1-24(2)18-20-10-14-4-9-28-19(17(14)23-18)5-7-26(8-6-19)13-16(27)22-15-11-21-25(3)12-15/h10-12H,4-9,13H2,1-3H3,(H,22,27). The van der Waals surface area contributed by atoms with Gasteiger partial charge in [0.15, 0.2) is 0 Å². The fourth-order valence-corrected chi connectivity index (χ4v) is 3.96. The van der Waals surface area contributed by atoms with E-state index in [9.17, 15) is 4.79 Å². The van der Waals surface area contributed by atoms with Crippen molar-refractivity contribution in [2.45, 2.75) is 24.9 Å². The van der Waals surface area contributed by atoms with E-state index >= 15 is 0 Å². The second-order valence-electron chi connectivity index (χ2n) is 7.76. The maximum atomic E-state index is 12.3. The second kappa shape index (κ2) is 7.48. The molecule has 1 amide bonds. The highest BCUT2D eigenvalue weighted by Gasteiger charge is 2.42. The van der Waals surface area contributed by atoms with Gasteiger partial charge in [0.2, 0.25) is 11.9 Å². The summed E-state index contributed by atoms with van der Waals surface area (Å²) in [5, 5.41) is 6.97. The van der Waals surface area contributed by atoms with Gasteiger partial charge in [0.25, 0.3) is 0 Å². The smallest absolute Gasteiger partial charge is 0.238 e. The number of likely N-dealkylation sites (tertiary alicyclic amines) is 1. The van der Waals surface area contributed by atoms with Crippen LogP contribution in [0, 0.1) is 0 Å². The highest BCUT2D eigenvalue weighted by molar-refractivity contribution is 5.91. The number of ether oxygens (including phenoxy) is 1. The number of rotatable bonds is 4. The van der Waals surface area contributed by atoms with Gasteiger partial charge in [0.05, 0.1) is 30.7 Å². The van der Waals surface area contributed by atoms with Crippen molar-refractivity contribution in [1.29, 1.82) is 0 Å². The SMILES string of the molecule is CN(C)c1ncc2c(n1)C1(CCN(CC(=O)Nc3cnn(C)c3)CC1)OCC2. The molecule has 0 unspecified atom stereocenters. The van der Waals surface area contributed by atoms with Gasteiger partial charge in [-0.25, -0.2) is 9.97 Å². The fourth-order valence-electron chi connectivity index (χ4n) is 3.96. The van der Waals surface area contributed by atoms with Crippen LogP contribution in [0.1, 0.15) is 24.1 Å². The highest BCUT2D eigenvalue weighted by atomic mass is 16.5. The van der Waals surface area contributed by atoms with Gasteiger partial charge in [-0.1, -0.05) is 0 Å². The topological polar surface area (TPSA) is 88.4 Å². The molecule has 0 aromatic carbocycles. The summed E-state index contributed by atoms with van der Waals surface area (Å²) in [7, 11) is 5.72. The van der Waals surface area contributed by atoms with Crippen LogP contribution in [0.4, 0.5) is 11.6 Å². The van der Waals surface area contributed by atoms with Crippen LogP contribution in [-0.2, 0) is 28.6 Å². The molecule has 28 heavy (non-hydrogen) atoms. The monoisotopic (exact) mass is 385 g/mol. The van der Waals surface area contributed by atoms with Crippen LogP contribution in [-0.4, -0.2) is 70.9 Å². The normalized spacial score (nSPS) is 18.7. The largest absolute Gasteiger partial charge is 0.368 e. The van der Waals surface area contributed by atoms with Crippen molar-refractivity contribution in [3.63, 3.8) is 0 Å². The number of hydrogen-bond acceptors (Lipinski definition) is 7. The number of aromatic nitrogens is 4. The van der Waals surface area contributed by atoms with E-state index in [0.717, 1.165) is 43.7 Å². The molecule has 1 fully saturated rings. The van der Waals surface area contributed by atoms with Gasteiger partial charge in [-0.05, 0) is 24.8 Å². The number of nitrogens with one attached hydrogen (secondary N) is 1. The molecule has 2 aliphatic heterocycles. The fraction of sp³-hybridized carbons (Fsp3) is 0.579. The van der Waals surface area contributed by atoms with Crippen LogP contribution in [0.2, 0.25) is 0 Å². The van der Waals surface area contributed by atoms with Gasteiger partial charge in [-0.2, -0.15) is 5.10 Å². The van der Waals surface area contributed by atoms with Gasteiger partial charge in [0.1, 0.15) is 5.60 Å². The van der Waals surface area contributed by atoms with Gasteiger partial charge in [-0.3, -0.25) is 14.4 Å². The summed E-state index contributed by atoms with van der Waals surface area (Å²) in [5.74, 6) is 0.688. The summed E-state index contributed by atoms with van der Waals surface area (Å²) in [6.07, 6.45) is 7.88. The molecule has 4 rings (SSSR count). The number of piperidine rings is 1. The van der Waals surface area contributed by atoms with E-state index in [0.29, 0.717) is 19.1 Å². The summed E-state index contributed by atoms with van der Waals surface area (Å²) in [6.45, 7) is 2.64. The zero-order chi connectivity index (χ0) is 19.7. The van der Waals surface area contributed by atoms with Gasteiger partial charge in [0, 0.05) is 46.6 Å². The minimum Gasteiger partial charge on any atom is -0.368 e. The van der Waals surface area contributed by atoms with Gasteiger partial charge < -0.3 is 15.0 Å². The molecule has 0 bridgehead atoms. The molecule has 0 radical (unpaired) electrons. The highest BCUT2D eigenvalue weighted by Crippen LogP contribution is 2.40. The van der Waals surface area contributed by atoms with E-state index in [1.54, 1.807) is 17.1 Å². The predicted molar refractivity (Wildman–Crippen MR) is 105 cm³/mol. The Morgan fingerprint density at radius 2 is 2.11 bits per heavy atom. The maximum absolute atomic E-state index is 12.3. The summed E-state index contributed by atoms with van der Waals surface area (Å²) in [5.41, 5.74) is 2.56. The third kappa shape index (κ3) is 3.72. The van der Waals surface area contributed by atoms with Crippen molar-refractivity contribution >= 4 is 17.5 Å². The Labute approximate surface area is 164 Å². The molecule has 0 atom stereocenters. The first-order valence-corrected chi connectivity index (χ1v) is 9.64. The summed E-state index contributed by atoms with van der Waals surface area (Å²) in [4.78, 5) is 25.7. The summed E-state index contributed by atoms with van der Waals surface area (Å²) < 4.78 is 7.94. The first-order chi connectivity index (χ1) is 13.4. The molecule has 150 valence electrons. The number of anilines is 2. The lowest BCUT2D eigenvalue weighted by molar-refractivity contribution is -0.122. The number of hydrogen-bond donors (Lipinski definition) is 1. The van der Waals surface area contributed by atoms with E-state index < -0.39 is 0 Å². The van der Waals surface area contributed by atoms with Crippen LogP contribution < -0.4 is 10.2 Å². The van der Waals surface area contributed by atoms with E-state index in [2.05, 4.69) is 20.3 Å². The van der Waals surface area contributed by atoms with Crippen molar-refractivity contribution in [2.24, 2.45) is 7.05 Å². The Kier molecular flexibility index (Phi) is 5.03. The van der Waals surface area contributed by atoms with E-state index in [1.807, 2.05) is 32.2 Å². The molecule has 2 aromatic rings. The molecular weight excluding hydrogens is 358 g/mol. The summed E-state index contributed by atoms with van der Waals surface area (Å²) >= 11 is 0. The predicted octanol–water partition coefficient (Wildman–Crippen LogP) is 0.779. The maximum Gasteiger partial charge on any atom is 0.238 e. The van der Waals surface area contributed by atoms with Crippen molar-refractivity contribution in [3.8, 4) is 0 Å². The number of carbonyl (C=O) groups is 1. The van der Waals surface area contributed by atoms with Crippen LogP contribution in [0.3, 0.4) is 0 Å². The Morgan fingerprint density at radius 3 is 2.79 bits per heavy atom. The lowest BCUT2D eigenvalue weighted by Crippen LogP contribution is -2.49. The number of amides is 1. The zero-order valence-corrected chi connectivity index (χ0v) is 16.7. The Balaban J connectivity index is 1.41. The lowest BCUT2D eigenvalue weighted by atomic mass is 9.83. The molecule has 2 aliphatic rings. The molecule has 4 heterocycles. The van der Waals surface area contributed by atoms with E-state index in [1.165, 1.54) is 5.56 Å². The molecular formula is C19H27N7O2. The van der Waals surface area contributed by atoms with Crippen molar-refractivity contribution < 1.29 is 9.53 Å². The molecule has 9 heteroatoms. The van der Waals surface area contributed by atoms with Gasteiger partial charge >= 0.3 is 0 Å². The third-order valence-electron chi connectivity index (χ3n) is 5.45. The molecule has 1 spiro atoms. The van der Waals surface area contributed by atoms with Gasteiger partial charge in [-0.15, -0.1) is 0 Å². The first-order valence-electron chi connectivity index (χ1n) is 9.64. The van der Waals surface area contributed by atoms with Crippen LogP contribution in [0.25, 0.3) is 0 Å².